The molecule has 0 saturated carbocycles. The van der Waals surface area contributed by atoms with Gasteiger partial charge in [-0.05, 0) is 44.9 Å². The van der Waals surface area contributed by atoms with Gasteiger partial charge in [-0.15, -0.1) is 0 Å². The summed E-state index contributed by atoms with van der Waals surface area (Å²) in [4.78, 5) is 38.2. The summed E-state index contributed by atoms with van der Waals surface area (Å²) in [5.74, 6) is -0.837. The molecule has 414 valence electrons. The Labute approximate surface area is 437 Å². The van der Waals surface area contributed by atoms with Gasteiger partial charge in [0.05, 0.1) is 0 Å². The monoisotopic (exact) mass is 987 g/mol. The van der Waals surface area contributed by atoms with Crippen LogP contribution in [0, 0.1) is 0 Å². The fraction of sp³-hybridized carbons (Fsp3) is 0.922. The highest BCUT2D eigenvalue weighted by atomic mass is 16.6. The van der Waals surface area contributed by atoms with E-state index in [9.17, 15) is 14.4 Å². The largest absolute Gasteiger partial charge is 0.462 e. The van der Waals surface area contributed by atoms with Crippen LogP contribution < -0.4 is 0 Å². The van der Waals surface area contributed by atoms with Gasteiger partial charge in [-0.3, -0.25) is 14.4 Å². The Balaban J connectivity index is 4.16. The molecule has 0 aromatic carbocycles. The van der Waals surface area contributed by atoms with E-state index < -0.39 is 6.10 Å². The number of allylic oxidation sites excluding steroid dienone is 2. The standard InChI is InChI=1S/C64H122O6/c1-4-7-10-13-16-19-22-24-26-28-29-30-31-32-33-34-35-37-38-40-42-45-48-51-54-57-63(66)69-60-61(59-68-62(65)56-53-50-47-44-21-18-15-12-9-6-3)70-64(67)58-55-52-49-46-43-41-39-36-27-25-23-20-17-14-11-8-5-2/h28-29,61H,4-27,30-60H2,1-3H3/b29-28-. The lowest BCUT2D eigenvalue weighted by molar-refractivity contribution is -0.167. The molecule has 1 atom stereocenters. The van der Waals surface area contributed by atoms with Crippen LogP contribution in [0.3, 0.4) is 0 Å². The quantitative estimate of drug-likeness (QED) is 0.0261. The SMILES string of the molecule is CCCCCCCCCC/C=C\CCCCCCCCCCCCCCCC(=O)OCC(COC(=O)CCCCCCCCCCCC)OC(=O)CCCCCCCCCCCCCCCCCCC. The van der Waals surface area contributed by atoms with Crippen LogP contribution >= 0.6 is 0 Å². The lowest BCUT2D eigenvalue weighted by Crippen LogP contribution is -2.30. The first-order valence-corrected chi connectivity index (χ1v) is 31.7. The van der Waals surface area contributed by atoms with Crippen molar-refractivity contribution in [3.8, 4) is 0 Å². The average molecular weight is 988 g/mol. The molecule has 0 amide bonds. The van der Waals surface area contributed by atoms with Crippen LogP contribution in [-0.4, -0.2) is 37.2 Å². The van der Waals surface area contributed by atoms with Crippen LogP contribution in [0.5, 0.6) is 0 Å². The minimum atomic E-state index is -0.764. The maximum absolute atomic E-state index is 12.9. The molecule has 0 radical (unpaired) electrons. The van der Waals surface area contributed by atoms with Crippen LogP contribution in [0.4, 0.5) is 0 Å². The number of rotatable bonds is 59. The lowest BCUT2D eigenvalue weighted by atomic mass is 10.0. The summed E-state index contributed by atoms with van der Waals surface area (Å²) in [5.41, 5.74) is 0. The molecule has 0 aliphatic rings. The molecule has 0 aromatic heterocycles. The Hall–Kier alpha value is -1.85. The van der Waals surface area contributed by atoms with Crippen LogP contribution in [0.15, 0.2) is 12.2 Å². The van der Waals surface area contributed by atoms with Crippen molar-refractivity contribution in [1.29, 1.82) is 0 Å². The van der Waals surface area contributed by atoms with Crippen molar-refractivity contribution >= 4 is 17.9 Å². The molecular formula is C64H122O6. The van der Waals surface area contributed by atoms with Gasteiger partial charge in [0.2, 0.25) is 0 Å². The highest BCUT2D eigenvalue weighted by Gasteiger charge is 2.19. The van der Waals surface area contributed by atoms with Crippen molar-refractivity contribution in [2.45, 2.75) is 367 Å². The second-order valence-corrected chi connectivity index (χ2v) is 21.7. The molecule has 0 saturated heterocycles. The molecule has 70 heavy (non-hydrogen) atoms. The molecule has 1 unspecified atom stereocenters. The summed E-state index contributed by atoms with van der Waals surface area (Å²) in [5, 5.41) is 0. The Morgan fingerprint density at radius 1 is 0.271 bits per heavy atom. The molecule has 0 bridgehead atoms. The molecule has 0 fully saturated rings. The number of hydrogen-bond donors (Lipinski definition) is 0. The third-order valence-corrected chi connectivity index (χ3v) is 14.5. The molecule has 0 spiro atoms. The fourth-order valence-electron chi connectivity index (χ4n) is 9.74. The summed E-state index contributed by atoms with van der Waals surface area (Å²) in [7, 11) is 0. The van der Waals surface area contributed by atoms with E-state index >= 15 is 0 Å². The van der Waals surface area contributed by atoms with Gasteiger partial charge in [0, 0.05) is 19.3 Å². The van der Waals surface area contributed by atoms with Gasteiger partial charge in [0.25, 0.3) is 0 Å². The number of unbranched alkanes of at least 4 members (excludes halogenated alkanes) is 46. The normalized spacial score (nSPS) is 12.0. The van der Waals surface area contributed by atoms with E-state index in [1.165, 1.54) is 263 Å². The van der Waals surface area contributed by atoms with Crippen molar-refractivity contribution in [1.82, 2.24) is 0 Å². The summed E-state index contributed by atoms with van der Waals surface area (Å²) in [6.45, 7) is 6.70. The summed E-state index contributed by atoms with van der Waals surface area (Å²) >= 11 is 0. The molecule has 6 heteroatoms. The smallest absolute Gasteiger partial charge is 0.306 e. The first-order chi connectivity index (χ1) is 34.5. The van der Waals surface area contributed by atoms with E-state index in [0.29, 0.717) is 19.3 Å². The lowest BCUT2D eigenvalue weighted by Gasteiger charge is -2.18. The maximum atomic E-state index is 12.9. The summed E-state index contributed by atoms with van der Waals surface area (Å²) in [6.07, 6.45) is 69.4. The zero-order chi connectivity index (χ0) is 50.7. The fourth-order valence-corrected chi connectivity index (χ4v) is 9.74. The second-order valence-electron chi connectivity index (χ2n) is 21.7. The summed E-state index contributed by atoms with van der Waals surface area (Å²) in [6, 6.07) is 0. The molecule has 0 N–H and O–H groups in total. The maximum Gasteiger partial charge on any atom is 0.306 e. The number of carbonyl (C=O) groups excluding carboxylic acids is 3. The first kappa shape index (κ1) is 68.2. The first-order valence-electron chi connectivity index (χ1n) is 31.7. The molecule has 0 rings (SSSR count). The Kier molecular flexibility index (Phi) is 58.1. The topological polar surface area (TPSA) is 78.9 Å². The Bertz CT molecular complexity index is 1090. The van der Waals surface area contributed by atoms with E-state index in [1.54, 1.807) is 0 Å². The van der Waals surface area contributed by atoms with Gasteiger partial charge in [0.15, 0.2) is 6.10 Å². The molecular weight excluding hydrogens is 865 g/mol. The Morgan fingerprint density at radius 2 is 0.471 bits per heavy atom. The number of hydrogen-bond acceptors (Lipinski definition) is 6. The average Bonchev–Trinajstić information content (AvgIpc) is 3.36. The third-order valence-electron chi connectivity index (χ3n) is 14.5. The van der Waals surface area contributed by atoms with Gasteiger partial charge in [-0.1, -0.05) is 309 Å². The number of ether oxygens (including phenoxy) is 3. The third kappa shape index (κ3) is 57.1. The molecule has 0 aliphatic carbocycles. The molecule has 0 heterocycles. The van der Waals surface area contributed by atoms with Gasteiger partial charge in [-0.25, -0.2) is 0 Å². The molecule has 0 aliphatic heterocycles. The van der Waals surface area contributed by atoms with E-state index in [4.69, 9.17) is 14.2 Å². The van der Waals surface area contributed by atoms with E-state index in [-0.39, 0.29) is 31.1 Å². The van der Waals surface area contributed by atoms with Gasteiger partial charge < -0.3 is 14.2 Å². The van der Waals surface area contributed by atoms with Crippen molar-refractivity contribution in [3.63, 3.8) is 0 Å². The van der Waals surface area contributed by atoms with Gasteiger partial charge in [0.1, 0.15) is 13.2 Å². The zero-order valence-corrected chi connectivity index (χ0v) is 47.6. The van der Waals surface area contributed by atoms with Crippen molar-refractivity contribution in [3.05, 3.63) is 12.2 Å². The minimum Gasteiger partial charge on any atom is -0.462 e. The minimum absolute atomic E-state index is 0.0635. The highest BCUT2D eigenvalue weighted by Crippen LogP contribution is 2.18. The number of carbonyl (C=O) groups is 3. The van der Waals surface area contributed by atoms with E-state index in [0.717, 1.165) is 57.8 Å². The zero-order valence-electron chi connectivity index (χ0n) is 47.6. The van der Waals surface area contributed by atoms with Crippen molar-refractivity contribution in [2.75, 3.05) is 13.2 Å². The van der Waals surface area contributed by atoms with Crippen LogP contribution in [0.25, 0.3) is 0 Å². The van der Waals surface area contributed by atoms with Crippen LogP contribution in [-0.2, 0) is 28.6 Å². The van der Waals surface area contributed by atoms with Crippen molar-refractivity contribution < 1.29 is 28.6 Å². The Morgan fingerprint density at radius 3 is 0.714 bits per heavy atom. The van der Waals surface area contributed by atoms with E-state index in [2.05, 4.69) is 32.9 Å². The van der Waals surface area contributed by atoms with Gasteiger partial charge >= 0.3 is 17.9 Å². The van der Waals surface area contributed by atoms with Crippen LogP contribution in [0.1, 0.15) is 361 Å². The van der Waals surface area contributed by atoms with Gasteiger partial charge in [-0.2, -0.15) is 0 Å². The van der Waals surface area contributed by atoms with Crippen LogP contribution in [0.2, 0.25) is 0 Å². The summed E-state index contributed by atoms with van der Waals surface area (Å²) < 4.78 is 16.9. The molecule has 6 nitrogen and oxygen atoms in total. The van der Waals surface area contributed by atoms with Crippen molar-refractivity contribution in [2.24, 2.45) is 0 Å². The predicted molar refractivity (Wildman–Crippen MR) is 303 cm³/mol. The highest BCUT2D eigenvalue weighted by molar-refractivity contribution is 5.71. The predicted octanol–water partition coefficient (Wildman–Crippen LogP) is 21.3. The number of esters is 3. The molecule has 0 aromatic rings. The van der Waals surface area contributed by atoms with E-state index in [1.807, 2.05) is 0 Å². The second kappa shape index (κ2) is 59.7.